The smallest absolute Gasteiger partial charge is 0.370 e. The van der Waals surface area contributed by atoms with E-state index in [4.69, 9.17) is 5.73 Å². The highest BCUT2D eigenvalue weighted by Gasteiger charge is 2.27. The molecule has 0 radical (unpaired) electrons. The number of halogens is 3. The van der Waals surface area contributed by atoms with E-state index in [1.807, 2.05) is 0 Å². The number of pyridine rings is 1. The Labute approximate surface area is 102 Å². The number of rotatable bonds is 5. The molecule has 1 rings (SSSR count). The van der Waals surface area contributed by atoms with Crippen molar-refractivity contribution in [3.8, 4) is 0 Å². The van der Waals surface area contributed by atoms with Crippen molar-refractivity contribution in [2.75, 3.05) is 13.2 Å². The molecular weight excluding hydrogens is 249 g/mol. The van der Waals surface area contributed by atoms with Crippen molar-refractivity contribution in [2.45, 2.75) is 26.2 Å². The lowest BCUT2D eigenvalue weighted by atomic mass is 10.2. The Morgan fingerprint density at radius 2 is 2.06 bits per heavy atom. The Morgan fingerprint density at radius 3 is 2.61 bits per heavy atom. The first-order valence-electron chi connectivity index (χ1n) is 5.39. The summed E-state index contributed by atoms with van der Waals surface area (Å²) in [5.41, 5.74) is 6.19. The van der Waals surface area contributed by atoms with Crippen molar-refractivity contribution in [2.24, 2.45) is 5.73 Å². The highest BCUT2D eigenvalue weighted by atomic mass is 19.4. The van der Waals surface area contributed by atoms with Gasteiger partial charge in [0.2, 0.25) is 0 Å². The molecule has 18 heavy (non-hydrogen) atoms. The van der Waals surface area contributed by atoms with Gasteiger partial charge in [0.05, 0.1) is 6.61 Å². The van der Waals surface area contributed by atoms with Crippen LogP contribution in [-0.4, -0.2) is 24.0 Å². The average molecular weight is 264 g/mol. The fourth-order valence-corrected chi connectivity index (χ4v) is 1.49. The van der Waals surface area contributed by atoms with Gasteiger partial charge in [-0.2, -0.15) is 13.2 Å². The zero-order valence-electron chi connectivity index (χ0n) is 9.96. The summed E-state index contributed by atoms with van der Waals surface area (Å²) in [6.45, 7) is 0.397. The maximum atomic E-state index is 11.8. The predicted octanol–water partition coefficient (Wildman–Crippen LogP) is 1.19. The van der Waals surface area contributed by atoms with Gasteiger partial charge in [-0.25, -0.2) is 0 Å². The van der Waals surface area contributed by atoms with Gasteiger partial charge in [0, 0.05) is 24.3 Å². The van der Waals surface area contributed by atoms with Crippen molar-refractivity contribution in [1.82, 2.24) is 4.57 Å². The van der Waals surface area contributed by atoms with Gasteiger partial charge in [0.1, 0.15) is 6.61 Å². The van der Waals surface area contributed by atoms with Crippen LogP contribution in [-0.2, 0) is 17.8 Å². The molecule has 0 aromatic carbocycles. The van der Waals surface area contributed by atoms with Gasteiger partial charge in [0.15, 0.2) is 0 Å². The fraction of sp³-hybridized carbons (Fsp3) is 0.545. The van der Waals surface area contributed by atoms with Gasteiger partial charge in [0.25, 0.3) is 5.56 Å². The molecule has 1 aromatic heterocycles. The van der Waals surface area contributed by atoms with E-state index in [1.165, 1.54) is 4.57 Å². The maximum Gasteiger partial charge on any atom is 0.411 e. The minimum atomic E-state index is -4.35. The third-order valence-corrected chi connectivity index (χ3v) is 2.42. The minimum Gasteiger partial charge on any atom is -0.370 e. The lowest BCUT2D eigenvalue weighted by Gasteiger charge is -2.12. The zero-order valence-corrected chi connectivity index (χ0v) is 9.96. The van der Waals surface area contributed by atoms with Crippen LogP contribution < -0.4 is 11.3 Å². The maximum absolute atomic E-state index is 11.8. The number of aryl methyl sites for hydroxylation is 1. The molecule has 0 saturated heterocycles. The first-order valence-corrected chi connectivity index (χ1v) is 5.39. The third-order valence-electron chi connectivity index (χ3n) is 2.42. The number of nitrogens with two attached hydrogens (primary N) is 1. The Bertz CT molecular complexity index is 455. The van der Waals surface area contributed by atoms with E-state index in [2.05, 4.69) is 4.74 Å². The van der Waals surface area contributed by atoms with E-state index in [9.17, 15) is 18.0 Å². The second-order valence-electron chi connectivity index (χ2n) is 3.83. The van der Waals surface area contributed by atoms with Crippen molar-refractivity contribution in [3.05, 3.63) is 33.7 Å². The largest absolute Gasteiger partial charge is 0.411 e. The quantitative estimate of drug-likeness (QED) is 0.813. The van der Waals surface area contributed by atoms with E-state index in [-0.39, 0.29) is 25.3 Å². The van der Waals surface area contributed by atoms with E-state index in [0.717, 1.165) is 0 Å². The summed E-state index contributed by atoms with van der Waals surface area (Å²) in [7, 11) is 0. The number of hydrogen-bond acceptors (Lipinski definition) is 3. The number of hydrogen-bond donors (Lipinski definition) is 1. The van der Waals surface area contributed by atoms with Crippen LogP contribution in [0.3, 0.4) is 0 Å². The lowest BCUT2D eigenvalue weighted by Crippen LogP contribution is -2.29. The Kier molecular flexibility index (Phi) is 4.92. The van der Waals surface area contributed by atoms with Crippen LogP contribution in [0.1, 0.15) is 11.3 Å². The van der Waals surface area contributed by atoms with Crippen molar-refractivity contribution in [1.29, 1.82) is 0 Å². The molecule has 0 spiro atoms. The molecule has 1 aromatic rings. The minimum absolute atomic E-state index is 0.0780. The molecule has 0 aliphatic heterocycles. The molecule has 2 N–H and O–H groups in total. The van der Waals surface area contributed by atoms with Crippen LogP contribution >= 0.6 is 0 Å². The number of aromatic nitrogens is 1. The Balaban J connectivity index is 2.65. The highest BCUT2D eigenvalue weighted by molar-refractivity contribution is 5.15. The van der Waals surface area contributed by atoms with Crippen LogP contribution in [0.5, 0.6) is 0 Å². The first kappa shape index (κ1) is 14.7. The van der Waals surface area contributed by atoms with Crippen LogP contribution in [0.2, 0.25) is 0 Å². The topological polar surface area (TPSA) is 57.2 Å². The molecule has 0 bridgehead atoms. The molecule has 0 fully saturated rings. The second kappa shape index (κ2) is 6.01. The number of ether oxygens (including phenoxy) is 1. The molecule has 0 aliphatic rings. The highest BCUT2D eigenvalue weighted by Crippen LogP contribution is 2.14. The molecule has 0 amide bonds. The van der Waals surface area contributed by atoms with Gasteiger partial charge in [-0.05, 0) is 13.0 Å². The van der Waals surface area contributed by atoms with Crippen LogP contribution in [0, 0.1) is 6.92 Å². The van der Waals surface area contributed by atoms with Crippen molar-refractivity contribution < 1.29 is 17.9 Å². The SMILES string of the molecule is Cc1ccc(CN)c(=O)n1CCOCC(F)(F)F. The van der Waals surface area contributed by atoms with Crippen LogP contribution in [0.15, 0.2) is 16.9 Å². The van der Waals surface area contributed by atoms with Crippen LogP contribution in [0.25, 0.3) is 0 Å². The van der Waals surface area contributed by atoms with Crippen molar-refractivity contribution in [3.63, 3.8) is 0 Å². The van der Waals surface area contributed by atoms with Gasteiger partial charge < -0.3 is 15.0 Å². The summed E-state index contributed by atoms with van der Waals surface area (Å²) in [6.07, 6.45) is -4.35. The summed E-state index contributed by atoms with van der Waals surface area (Å²) < 4.78 is 41.4. The molecule has 0 aliphatic carbocycles. The molecule has 0 unspecified atom stereocenters. The van der Waals surface area contributed by atoms with E-state index < -0.39 is 12.8 Å². The summed E-state index contributed by atoms with van der Waals surface area (Å²) in [4.78, 5) is 11.8. The number of alkyl halides is 3. The summed E-state index contributed by atoms with van der Waals surface area (Å²) in [6, 6.07) is 3.32. The summed E-state index contributed by atoms with van der Waals surface area (Å²) in [5.74, 6) is 0. The second-order valence-corrected chi connectivity index (χ2v) is 3.83. The normalized spacial score (nSPS) is 11.8. The Hall–Kier alpha value is -1.34. The standard InChI is InChI=1S/C11H15F3N2O2/c1-8-2-3-9(6-15)10(17)16(8)4-5-18-7-11(12,13)14/h2-3H,4-7,15H2,1H3. The molecule has 4 nitrogen and oxygen atoms in total. The summed E-state index contributed by atoms with van der Waals surface area (Å²) in [5, 5.41) is 0. The van der Waals surface area contributed by atoms with E-state index >= 15 is 0 Å². The molecular formula is C11H15F3N2O2. The molecule has 0 saturated carbocycles. The van der Waals surface area contributed by atoms with Gasteiger partial charge in [-0.3, -0.25) is 4.79 Å². The average Bonchev–Trinajstić information content (AvgIpc) is 2.26. The van der Waals surface area contributed by atoms with Gasteiger partial charge >= 0.3 is 6.18 Å². The van der Waals surface area contributed by atoms with Crippen LogP contribution in [0.4, 0.5) is 13.2 Å². The molecule has 0 atom stereocenters. The van der Waals surface area contributed by atoms with E-state index in [0.29, 0.717) is 11.3 Å². The monoisotopic (exact) mass is 264 g/mol. The van der Waals surface area contributed by atoms with Gasteiger partial charge in [-0.15, -0.1) is 0 Å². The van der Waals surface area contributed by atoms with Crippen molar-refractivity contribution >= 4 is 0 Å². The Morgan fingerprint density at radius 1 is 1.39 bits per heavy atom. The zero-order chi connectivity index (χ0) is 13.8. The van der Waals surface area contributed by atoms with Gasteiger partial charge in [-0.1, -0.05) is 6.07 Å². The third kappa shape index (κ3) is 4.15. The first-order chi connectivity index (χ1) is 8.35. The lowest BCUT2D eigenvalue weighted by molar-refractivity contribution is -0.174. The predicted molar refractivity (Wildman–Crippen MR) is 60.2 cm³/mol. The molecule has 1 heterocycles. The fourth-order valence-electron chi connectivity index (χ4n) is 1.49. The summed E-state index contributed by atoms with van der Waals surface area (Å²) >= 11 is 0. The molecule has 102 valence electrons. The molecule has 7 heteroatoms. The van der Waals surface area contributed by atoms with E-state index in [1.54, 1.807) is 19.1 Å². The number of nitrogens with zero attached hydrogens (tertiary/aromatic N) is 1.